The molecule has 1 aromatic carbocycles. The molecule has 22 heavy (non-hydrogen) atoms. The maximum absolute atomic E-state index is 12.5. The molecule has 2 heterocycles. The summed E-state index contributed by atoms with van der Waals surface area (Å²) in [6.07, 6.45) is 3.38. The number of sulfonamides is 1. The number of nitrogens with one attached hydrogen (secondary N) is 2. The lowest BCUT2D eigenvalue weighted by Gasteiger charge is -2.20. The van der Waals surface area contributed by atoms with Crippen LogP contribution in [-0.2, 0) is 21.2 Å². The predicted molar refractivity (Wildman–Crippen MR) is 84.4 cm³/mol. The van der Waals surface area contributed by atoms with Crippen molar-refractivity contribution in [2.24, 2.45) is 0 Å². The SMILES string of the molecule is CNS(=O)(=O)c1ccc2c(c1)CCN2C(=O)CC1CCCN1. The van der Waals surface area contributed by atoms with Crippen LogP contribution >= 0.6 is 0 Å². The first-order valence-electron chi connectivity index (χ1n) is 7.61. The summed E-state index contributed by atoms with van der Waals surface area (Å²) >= 11 is 0. The van der Waals surface area contributed by atoms with E-state index >= 15 is 0 Å². The van der Waals surface area contributed by atoms with E-state index in [0.717, 1.165) is 30.6 Å². The third-order valence-corrected chi connectivity index (χ3v) is 5.82. The van der Waals surface area contributed by atoms with Gasteiger partial charge in [-0.25, -0.2) is 13.1 Å². The van der Waals surface area contributed by atoms with Crippen molar-refractivity contribution in [3.05, 3.63) is 23.8 Å². The topological polar surface area (TPSA) is 78.5 Å². The Labute approximate surface area is 130 Å². The molecule has 0 saturated carbocycles. The van der Waals surface area contributed by atoms with Crippen molar-refractivity contribution in [2.75, 3.05) is 25.0 Å². The van der Waals surface area contributed by atoms with Gasteiger partial charge in [0.25, 0.3) is 0 Å². The molecule has 1 unspecified atom stereocenters. The van der Waals surface area contributed by atoms with Crippen LogP contribution in [0.4, 0.5) is 5.69 Å². The van der Waals surface area contributed by atoms with Crippen molar-refractivity contribution in [3.8, 4) is 0 Å². The summed E-state index contributed by atoms with van der Waals surface area (Å²) in [5.74, 6) is 0.113. The number of carbonyl (C=O) groups excluding carboxylic acids is 1. The Kier molecular flexibility index (Phi) is 4.20. The third-order valence-electron chi connectivity index (χ3n) is 4.41. The largest absolute Gasteiger partial charge is 0.313 e. The number of hydrogen-bond acceptors (Lipinski definition) is 4. The van der Waals surface area contributed by atoms with Crippen LogP contribution in [0.25, 0.3) is 0 Å². The van der Waals surface area contributed by atoms with Gasteiger partial charge in [0.05, 0.1) is 4.90 Å². The van der Waals surface area contributed by atoms with E-state index in [0.29, 0.717) is 19.4 Å². The fourth-order valence-electron chi connectivity index (χ4n) is 3.17. The summed E-state index contributed by atoms with van der Waals surface area (Å²) in [7, 11) is -2.04. The van der Waals surface area contributed by atoms with Crippen LogP contribution in [0.5, 0.6) is 0 Å². The average Bonchev–Trinajstić information content (AvgIpc) is 3.15. The number of fused-ring (bicyclic) bond motifs is 1. The minimum atomic E-state index is -3.44. The lowest BCUT2D eigenvalue weighted by atomic mass is 10.1. The average molecular weight is 323 g/mol. The first-order valence-corrected chi connectivity index (χ1v) is 9.10. The van der Waals surface area contributed by atoms with E-state index in [1.165, 1.54) is 7.05 Å². The first kappa shape index (κ1) is 15.5. The molecule has 2 aliphatic rings. The highest BCUT2D eigenvalue weighted by Crippen LogP contribution is 2.31. The summed E-state index contributed by atoms with van der Waals surface area (Å²) in [5.41, 5.74) is 1.77. The van der Waals surface area contributed by atoms with Gasteiger partial charge in [-0.2, -0.15) is 0 Å². The van der Waals surface area contributed by atoms with Crippen molar-refractivity contribution in [2.45, 2.75) is 36.6 Å². The lowest BCUT2D eigenvalue weighted by molar-refractivity contribution is -0.118. The number of rotatable bonds is 4. The minimum Gasteiger partial charge on any atom is -0.313 e. The number of benzene rings is 1. The van der Waals surface area contributed by atoms with Gasteiger partial charge in [0, 0.05) is 24.7 Å². The zero-order valence-corrected chi connectivity index (χ0v) is 13.4. The van der Waals surface area contributed by atoms with Gasteiger partial charge in [0.15, 0.2) is 0 Å². The van der Waals surface area contributed by atoms with Crippen LogP contribution in [0.2, 0.25) is 0 Å². The number of carbonyl (C=O) groups is 1. The minimum absolute atomic E-state index is 0.113. The molecule has 0 bridgehead atoms. The van der Waals surface area contributed by atoms with E-state index in [1.807, 2.05) is 0 Å². The summed E-state index contributed by atoms with van der Waals surface area (Å²) in [6.45, 7) is 1.61. The highest BCUT2D eigenvalue weighted by Gasteiger charge is 2.28. The molecule has 1 saturated heterocycles. The molecule has 1 amide bonds. The Balaban J connectivity index is 1.78. The maximum atomic E-state index is 12.5. The second-order valence-corrected chi connectivity index (χ2v) is 7.68. The quantitative estimate of drug-likeness (QED) is 0.852. The lowest BCUT2D eigenvalue weighted by Crippen LogP contribution is -2.34. The maximum Gasteiger partial charge on any atom is 0.240 e. The van der Waals surface area contributed by atoms with E-state index in [2.05, 4.69) is 10.0 Å². The number of nitrogens with zero attached hydrogens (tertiary/aromatic N) is 1. The zero-order valence-electron chi connectivity index (χ0n) is 12.6. The Hall–Kier alpha value is -1.44. The van der Waals surface area contributed by atoms with Gasteiger partial charge in [-0.1, -0.05) is 0 Å². The van der Waals surface area contributed by atoms with Crippen LogP contribution in [0.15, 0.2) is 23.1 Å². The molecule has 2 N–H and O–H groups in total. The van der Waals surface area contributed by atoms with E-state index < -0.39 is 10.0 Å². The molecule has 1 aromatic rings. The van der Waals surface area contributed by atoms with E-state index in [4.69, 9.17) is 0 Å². The predicted octanol–water partition coefficient (Wildman–Crippen LogP) is 0.626. The van der Waals surface area contributed by atoms with E-state index in [1.54, 1.807) is 23.1 Å². The Morgan fingerprint density at radius 1 is 1.45 bits per heavy atom. The van der Waals surface area contributed by atoms with E-state index in [9.17, 15) is 13.2 Å². The molecule has 6 nitrogen and oxygen atoms in total. The van der Waals surface area contributed by atoms with Gasteiger partial charge in [-0.15, -0.1) is 0 Å². The van der Waals surface area contributed by atoms with Crippen LogP contribution in [0.1, 0.15) is 24.8 Å². The van der Waals surface area contributed by atoms with Crippen molar-refractivity contribution in [3.63, 3.8) is 0 Å². The summed E-state index contributed by atoms with van der Waals surface area (Å²) < 4.78 is 26.0. The van der Waals surface area contributed by atoms with Crippen molar-refractivity contribution in [1.29, 1.82) is 0 Å². The van der Waals surface area contributed by atoms with Crippen molar-refractivity contribution >= 4 is 21.6 Å². The second kappa shape index (κ2) is 5.98. The number of amides is 1. The van der Waals surface area contributed by atoms with Gasteiger partial charge in [0.1, 0.15) is 0 Å². The Morgan fingerprint density at radius 3 is 2.95 bits per heavy atom. The number of anilines is 1. The highest BCUT2D eigenvalue weighted by molar-refractivity contribution is 7.89. The van der Waals surface area contributed by atoms with Gasteiger partial charge in [-0.05, 0) is 56.6 Å². The summed E-state index contributed by atoms with van der Waals surface area (Å²) in [4.78, 5) is 14.5. The zero-order chi connectivity index (χ0) is 15.7. The molecule has 0 aliphatic carbocycles. The fraction of sp³-hybridized carbons (Fsp3) is 0.533. The molecule has 0 spiro atoms. The van der Waals surface area contributed by atoms with Crippen LogP contribution in [0, 0.1) is 0 Å². The second-order valence-electron chi connectivity index (χ2n) is 5.79. The number of hydrogen-bond donors (Lipinski definition) is 2. The van der Waals surface area contributed by atoms with Crippen molar-refractivity contribution in [1.82, 2.24) is 10.0 Å². The molecule has 1 fully saturated rings. The van der Waals surface area contributed by atoms with Crippen LogP contribution in [0.3, 0.4) is 0 Å². The van der Waals surface area contributed by atoms with E-state index in [-0.39, 0.29) is 16.8 Å². The van der Waals surface area contributed by atoms with Gasteiger partial charge in [-0.3, -0.25) is 4.79 Å². The monoisotopic (exact) mass is 323 g/mol. The Bertz CT molecular complexity index is 681. The van der Waals surface area contributed by atoms with Crippen LogP contribution < -0.4 is 14.9 Å². The molecule has 7 heteroatoms. The molecular formula is C15H21N3O3S. The molecule has 1 atom stereocenters. The summed E-state index contributed by atoms with van der Waals surface area (Å²) in [5, 5.41) is 3.34. The standard InChI is InChI=1S/C15H21N3O3S/c1-16-22(20,21)13-4-5-14-11(9-13)6-8-18(14)15(19)10-12-3-2-7-17-12/h4-5,9,12,16-17H,2-3,6-8,10H2,1H3. The molecular weight excluding hydrogens is 302 g/mol. The van der Waals surface area contributed by atoms with Gasteiger partial charge < -0.3 is 10.2 Å². The molecule has 3 rings (SSSR count). The molecule has 120 valence electrons. The highest BCUT2D eigenvalue weighted by atomic mass is 32.2. The fourth-order valence-corrected chi connectivity index (χ4v) is 3.95. The smallest absolute Gasteiger partial charge is 0.240 e. The normalized spacial score (nSPS) is 21.1. The summed E-state index contributed by atoms with van der Waals surface area (Å²) in [6, 6.07) is 5.25. The molecule has 0 radical (unpaired) electrons. The van der Waals surface area contributed by atoms with Crippen molar-refractivity contribution < 1.29 is 13.2 Å². The Morgan fingerprint density at radius 2 is 2.27 bits per heavy atom. The third kappa shape index (κ3) is 2.88. The molecule has 2 aliphatic heterocycles. The molecule has 0 aromatic heterocycles. The van der Waals surface area contributed by atoms with Crippen LogP contribution in [-0.4, -0.2) is 40.5 Å². The van der Waals surface area contributed by atoms with Gasteiger partial charge >= 0.3 is 0 Å². The first-order chi connectivity index (χ1) is 10.5. The van der Waals surface area contributed by atoms with Gasteiger partial charge in [0.2, 0.25) is 15.9 Å².